The van der Waals surface area contributed by atoms with Crippen molar-refractivity contribution in [3.8, 4) is 0 Å². The van der Waals surface area contributed by atoms with E-state index in [1.807, 2.05) is 28.5 Å². The van der Waals surface area contributed by atoms with Crippen LogP contribution in [0.2, 0.25) is 5.02 Å². The zero-order valence-electron chi connectivity index (χ0n) is 17.9. The SMILES string of the molecule is CSCCC(=O)N(C)C(Cc1ccc(F)cc1)C1CCN(C(=O)c2sccc2Cl)CC1. The van der Waals surface area contributed by atoms with Crippen LogP contribution in [-0.4, -0.2) is 59.8 Å². The third-order valence-corrected chi connectivity index (χ3v) is 7.89. The lowest BCUT2D eigenvalue weighted by Crippen LogP contribution is -2.48. The van der Waals surface area contributed by atoms with E-state index in [1.165, 1.54) is 23.5 Å². The van der Waals surface area contributed by atoms with Crippen LogP contribution in [0.4, 0.5) is 4.39 Å². The Hall–Kier alpha value is -1.57. The molecule has 3 rings (SSSR count). The van der Waals surface area contributed by atoms with Crippen LogP contribution < -0.4 is 0 Å². The molecule has 4 nitrogen and oxygen atoms in total. The minimum absolute atomic E-state index is 0.0158. The van der Waals surface area contributed by atoms with Crippen molar-refractivity contribution in [1.82, 2.24) is 9.80 Å². The molecule has 168 valence electrons. The summed E-state index contributed by atoms with van der Waals surface area (Å²) in [4.78, 5) is 29.9. The Labute approximate surface area is 196 Å². The van der Waals surface area contributed by atoms with Gasteiger partial charge in [0.2, 0.25) is 5.91 Å². The number of likely N-dealkylation sites (tertiary alicyclic amines) is 1. The number of carbonyl (C=O) groups is 2. The minimum atomic E-state index is -0.260. The van der Waals surface area contributed by atoms with E-state index in [4.69, 9.17) is 11.6 Å². The molecule has 1 unspecified atom stereocenters. The van der Waals surface area contributed by atoms with E-state index in [0.717, 1.165) is 24.2 Å². The molecule has 0 spiro atoms. The first-order chi connectivity index (χ1) is 14.9. The molecule has 0 aliphatic carbocycles. The Bertz CT molecular complexity index is 882. The maximum Gasteiger partial charge on any atom is 0.265 e. The molecule has 8 heteroatoms. The minimum Gasteiger partial charge on any atom is -0.342 e. The molecule has 1 fully saturated rings. The van der Waals surface area contributed by atoms with Gasteiger partial charge in [-0.3, -0.25) is 9.59 Å². The van der Waals surface area contributed by atoms with E-state index >= 15 is 0 Å². The van der Waals surface area contributed by atoms with Crippen LogP contribution in [0.5, 0.6) is 0 Å². The van der Waals surface area contributed by atoms with Gasteiger partial charge < -0.3 is 9.80 Å². The average Bonchev–Trinajstić information content (AvgIpc) is 3.22. The monoisotopic (exact) mass is 482 g/mol. The quantitative estimate of drug-likeness (QED) is 0.518. The first-order valence-electron chi connectivity index (χ1n) is 10.4. The maximum atomic E-state index is 13.4. The maximum absolute atomic E-state index is 13.4. The molecule has 2 amide bonds. The fraction of sp³-hybridized carbons (Fsp3) is 0.478. The van der Waals surface area contributed by atoms with Crippen molar-refractivity contribution in [1.29, 1.82) is 0 Å². The van der Waals surface area contributed by atoms with Gasteiger partial charge in [-0.1, -0.05) is 23.7 Å². The van der Waals surface area contributed by atoms with Crippen molar-refractivity contribution in [3.63, 3.8) is 0 Å². The summed E-state index contributed by atoms with van der Waals surface area (Å²) in [6.45, 7) is 1.29. The Kier molecular flexibility index (Phi) is 8.81. The zero-order chi connectivity index (χ0) is 22.4. The number of amides is 2. The molecular formula is C23H28ClFN2O2S2. The van der Waals surface area contributed by atoms with Crippen LogP contribution >= 0.6 is 34.7 Å². The average molecular weight is 483 g/mol. The van der Waals surface area contributed by atoms with Gasteiger partial charge in [-0.25, -0.2) is 4.39 Å². The van der Waals surface area contributed by atoms with Crippen LogP contribution in [0.15, 0.2) is 35.7 Å². The van der Waals surface area contributed by atoms with E-state index in [1.54, 1.807) is 30.0 Å². The number of hydrogen-bond acceptors (Lipinski definition) is 4. The molecule has 31 heavy (non-hydrogen) atoms. The molecule has 1 aliphatic heterocycles. The Morgan fingerprint density at radius 2 is 1.94 bits per heavy atom. The van der Waals surface area contributed by atoms with Crippen LogP contribution in [0.3, 0.4) is 0 Å². The summed E-state index contributed by atoms with van der Waals surface area (Å²) >= 11 is 9.17. The van der Waals surface area contributed by atoms with Crippen molar-refractivity contribution in [3.05, 3.63) is 57.0 Å². The molecule has 0 radical (unpaired) electrons. The highest BCUT2D eigenvalue weighted by Gasteiger charge is 2.33. The lowest BCUT2D eigenvalue weighted by molar-refractivity contribution is -0.132. The lowest BCUT2D eigenvalue weighted by Gasteiger charge is -2.40. The number of likely N-dealkylation sites (N-methyl/N-ethyl adjacent to an activating group) is 1. The first-order valence-corrected chi connectivity index (χ1v) is 13.1. The number of thiophene rings is 1. The number of carbonyl (C=O) groups excluding carboxylic acids is 2. The summed E-state index contributed by atoms with van der Waals surface area (Å²) in [5.74, 6) is 0.921. The highest BCUT2D eigenvalue weighted by Crippen LogP contribution is 2.30. The Morgan fingerprint density at radius 1 is 1.26 bits per heavy atom. The summed E-state index contributed by atoms with van der Waals surface area (Å²) in [6.07, 6.45) is 4.82. The second-order valence-corrected chi connectivity index (χ2v) is 10.2. The van der Waals surface area contributed by atoms with Crippen molar-refractivity contribution in [2.45, 2.75) is 31.7 Å². The van der Waals surface area contributed by atoms with E-state index < -0.39 is 0 Å². The number of hydrogen-bond donors (Lipinski definition) is 0. The Balaban J connectivity index is 1.70. The van der Waals surface area contributed by atoms with Gasteiger partial charge in [-0.05, 0) is 60.6 Å². The molecule has 0 bridgehead atoms. The molecule has 2 heterocycles. The van der Waals surface area contributed by atoms with Crippen LogP contribution in [-0.2, 0) is 11.2 Å². The number of piperidine rings is 1. The first kappa shape index (κ1) is 24.1. The molecule has 0 saturated carbocycles. The zero-order valence-corrected chi connectivity index (χ0v) is 20.2. The molecule has 1 saturated heterocycles. The predicted molar refractivity (Wildman–Crippen MR) is 128 cm³/mol. The van der Waals surface area contributed by atoms with Gasteiger partial charge in [-0.2, -0.15) is 11.8 Å². The summed E-state index contributed by atoms with van der Waals surface area (Å²) in [5, 5.41) is 2.33. The van der Waals surface area contributed by atoms with Gasteiger partial charge in [0.1, 0.15) is 10.7 Å². The van der Waals surface area contributed by atoms with Gasteiger partial charge in [0, 0.05) is 38.4 Å². The van der Waals surface area contributed by atoms with Crippen LogP contribution in [0, 0.1) is 11.7 Å². The fourth-order valence-corrected chi connectivity index (χ4v) is 5.59. The number of nitrogens with zero attached hydrogens (tertiary/aromatic N) is 2. The molecule has 0 N–H and O–H groups in total. The second kappa shape index (κ2) is 11.3. The Morgan fingerprint density at radius 3 is 2.52 bits per heavy atom. The normalized spacial score (nSPS) is 15.7. The third kappa shape index (κ3) is 6.24. The van der Waals surface area contributed by atoms with E-state index in [2.05, 4.69) is 0 Å². The number of benzene rings is 1. The molecule has 1 aliphatic rings. The lowest BCUT2D eigenvalue weighted by atomic mass is 9.84. The number of halogens is 2. The van der Waals surface area contributed by atoms with Crippen LogP contribution in [0.25, 0.3) is 0 Å². The fourth-order valence-electron chi connectivity index (χ4n) is 4.11. The van der Waals surface area contributed by atoms with Crippen molar-refractivity contribution < 1.29 is 14.0 Å². The van der Waals surface area contributed by atoms with E-state index in [9.17, 15) is 14.0 Å². The van der Waals surface area contributed by atoms with Gasteiger partial charge >= 0.3 is 0 Å². The van der Waals surface area contributed by atoms with Crippen LogP contribution in [0.1, 0.15) is 34.5 Å². The van der Waals surface area contributed by atoms with Gasteiger partial charge in [0.25, 0.3) is 5.91 Å². The molecule has 1 aromatic heterocycles. The van der Waals surface area contributed by atoms with E-state index in [-0.39, 0.29) is 29.6 Å². The molecule has 2 aromatic rings. The topological polar surface area (TPSA) is 40.6 Å². The van der Waals surface area contributed by atoms with Gasteiger partial charge in [0.05, 0.1) is 5.02 Å². The van der Waals surface area contributed by atoms with Crippen molar-refractivity contribution in [2.24, 2.45) is 5.92 Å². The summed E-state index contributed by atoms with van der Waals surface area (Å²) in [5.41, 5.74) is 1.01. The summed E-state index contributed by atoms with van der Waals surface area (Å²) in [6, 6.07) is 8.28. The largest absolute Gasteiger partial charge is 0.342 e. The van der Waals surface area contributed by atoms with Crippen molar-refractivity contribution in [2.75, 3.05) is 32.1 Å². The van der Waals surface area contributed by atoms with E-state index in [0.29, 0.717) is 35.8 Å². The second-order valence-electron chi connectivity index (χ2n) is 7.87. The highest BCUT2D eigenvalue weighted by molar-refractivity contribution is 7.98. The molecule has 1 aromatic carbocycles. The number of thioether (sulfide) groups is 1. The van der Waals surface area contributed by atoms with Crippen molar-refractivity contribution >= 4 is 46.5 Å². The third-order valence-electron chi connectivity index (χ3n) is 5.95. The highest BCUT2D eigenvalue weighted by atomic mass is 35.5. The molecular weight excluding hydrogens is 455 g/mol. The smallest absolute Gasteiger partial charge is 0.265 e. The number of rotatable bonds is 8. The summed E-state index contributed by atoms with van der Waals surface area (Å²) in [7, 11) is 1.87. The standard InChI is InChI=1S/C23H28ClFN2O2S2/c1-26(21(28)10-13-30-2)20(15-16-3-5-18(25)6-4-16)17-7-11-27(12-8-17)23(29)22-19(24)9-14-31-22/h3-6,9,14,17,20H,7-8,10-13,15H2,1-2H3. The van der Waals surface area contributed by atoms with Gasteiger partial charge in [0.15, 0.2) is 0 Å². The predicted octanol–water partition coefficient (Wildman–Crippen LogP) is 5.22. The summed E-state index contributed by atoms with van der Waals surface area (Å²) < 4.78 is 13.4. The molecule has 1 atom stereocenters. The van der Waals surface area contributed by atoms with Gasteiger partial charge in [-0.15, -0.1) is 11.3 Å².